The van der Waals surface area contributed by atoms with Gasteiger partial charge >= 0.3 is 0 Å². The zero-order valence-electron chi connectivity index (χ0n) is 21.8. The number of allylic oxidation sites excluding steroid dienone is 1. The molecule has 0 heterocycles. The largest absolute Gasteiger partial charge is 0.508 e. The van der Waals surface area contributed by atoms with Gasteiger partial charge in [-0.15, -0.1) is 0 Å². The summed E-state index contributed by atoms with van der Waals surface area (Å²) in [5.41, 5.74) is 1.64. The van der Waals surface area contributed by atoms with Crippen molar-refractivity contribution < 1.29 is 24.5 Å². The van der Waals surface area contributed by atoms with Gasteiger partial charge in [0.1, 0.15) is 11.4 Å². The molecule has 0 saturated heterocycles. The highest BCUT2D eigenvalue weighted by atomic mass is 16.6. The molecule has 3 fully saturated rings. The summed E-state index contributed by atoms with van der Waals surface area (Å²) in [5.74, 6) is 0.925. The molecule has 0 aliphatic heterocycles. The molecular formula is C30H42O5. The topological polar surface area (TPSA) is 76.0 Å². The van der Waals surface area contributed by atoms with E-state index in [-0.39, 0.29) is 22.4 Å². The number of Topliss-reactive ketones (excluding diaryl/α,β-unsaturated/α-hetero) is 1. The summed E-state index contributed by atoms with van der Waals surface area (Å²) >= 11 is 0. The van der Waals surface area contributed by atoms with Gasteiger partial charge in [-0.3, -0.25) is 4.79 Å². The number of aromatic hydroxyl groups is 1. The fourth-order valence-corrected chi connectivity index (χ4v) is 8.71. The molecule has 35 heavy (non-hydrogen) atoms. The second-order valence-electron chi connectivity index (χ2n) is 12.1. The van der Waals surface area contributed by atoms with Crippen LogP contribution in [0, 0.1) is 28.6 Å². The molecule has 0 aromatic heterocycles. The Labute approximate surface area is 209 Å². The number of benzene rings is 1. The number of ketones is 1. The second kappa shape index (κ2) is 8.71. The molecular weight excluding hydrogens is 440 g/mol. The van der Waals surface area contributed by atoms with E-state index in [1.54, 1.807) is 19.1 Å². The Balaban J connectivity index is 1.35. The van der Waals surface area contributed by atoms with Gasteiger partial charge in [0.05, 0.1) is 6.61 Å². The van der Waals surface area contributed by atoms with Crippen LogP contribution >= 0.6 is 0 Å². The molecule has 0 bridgehead atoms. The van der Waals surface area contributed by atoms with Crippen LogP contribution in [0.4, 0.5) is 0 Å². The minimum absolute atomic E-state index is 0.0749. The zero-order valence-corrected chi connectivity index (χ0v) is 21.8. The van der Waals surface area contributed by atoms with Gasteiger partial charge < -0.3 is 19.7 Å². The number of phenolic OH excluding ortho intramolecular Hbond substituents is 1. The molecule has 4 aliphatic carbocycles. The van der Waals surface area contributed by atoms with E-state index in [1.165, 1.54) is 5.57 Å². The highest BCUT2D eigenvalue weighted by molar-refractivity contribution is 5.86. The lowest BCUT2D eigenvalue weighted by Gasteiger charge is -2.60. The van der Waals surface area contributed by atoms with Crippen molar-refractivity contribution in [3.8, 4) is 5.75 Å². The third-order valence-electron chi connectivity index (χ3n) is 10.6. The van der Waals surface area contributed by atoms with Gasteiger partial charge in [0, 0.05) is 24.9 Å². The number of ether oxygens (including phenoxy) is 2. The van der Waals surface area contributed by atoms with Crippen molar-refractivity contribution >= 4 is 5.78 Å². The van der Waals surface area contributed by atoms with E-state index >= 15 is 0 Å². The lowest BCUT2D eigenvalue weighted by atomic mass is 9.46. The number of carbonyl (C=O) groups excluding carboxylic acids is 1. The van der Waals surface area contributed by atoms with Crippen LogP contribution in [0.3, 0.4) is 0 Å². The number of hydrogen-bond acceptors (Lipinski definition) is 5. The Kier molecular flexibility index (Phi) is 6.22. The molecule has 5 heteroatoms. The molecule has 3 saturated carbocycles. The third-order valence-corrected chi connectivity index (χ3v) is 10.6. The van der Waals surface area contributed by atoms with E-state index in [1.807, 2.05) is 19.1 Å². The van der Waals surface area contributed by atoms with E-state index < -0.39 is 11.4 Å². The van der Waals surface area contributed by atoms with Gasteiger partial charge in [-0.1, -0.05) is 37.6 Å². The van der Waals surface area contributed by atoms with Crippen LogP contribution in [0.2, 0.25) is 0 Å². The predicted molar refractivity (Wildman–Crippen MR) is 135 cm³/mol. The van der Waals surface area contributed by atoms with Crippen molar-refractivity contribution in [1.82, 2.24) is 0 Å². The second-order valence-corrected chi connectivity index (χ2v) is 12.1. The summed E-state index contributed by atoms with van der Waals surface area (Å²) in [4.78, 5) is 12.9. The van der Waals surface area contributed by atoms with Crippen LogP contribution < -0.4 is 0 Å². The summed E-state index contributed by atoms with van der Waals surface area (Å²) in [7, 11) is 0. The van der Waals surface area contributed by atoms with Crippen molar-refractivity contribution in [2.24, 2.45) is 28.6 Å². The molecule has 0 radical (unpaired) electrons. The summed E-state index contributed by atoms with van der Waals surface area (Å²) in [5, 5.41) is 20.9. The maximum Gasteiger partial charge on any atom is 0.169 e. The average molecular weight is 483 g/mol. The summed E-state index contributed by atoms with van der Waals surface area (Å²) in [6, 6.07) is 6.97. The standard InChI is InChI=1S/C30H42O5/c1-5-34-30(20(2)31)15-13-26-24-11-8-22-18-29(33,35-19-21-6-9-23(32)10-7-21)17-16-27(22,3)25(24)12-14-28(26,30)4/h6-10,24-26,32-33H,5,11-19H2,1-4H3/t24-,25+,26+,27+,28+,29-,30+/m1/s1. The Morgan fingerprint density at radius 3 is 2.43 bits per heavy atom. The number of aliphatic hydroxyl groups is 1. The maximum atomic E-state index is 12.9. The first-order chi connectivity index (χ1) is 16.6. The van der Waals surface area contributed by atoms with Crippen LogP contribution in [0.15, 0.2) is 35.9 Å². The number of rotatable bonds is 6. The molecule has 0 spiro atoms. The highest BCUT2D eigenvalue weighted by Gasteiger charge is 2.66. The van der Waals surface area contributed by atoms with Gasteiger partial charge in [0.15, 0.2) is 11.6 Å². The van der Waals surface area contributed by atoms with E-state index in [4.69, 9.17) is 9.47 Å². The van der Waals surface area contributed by atoms with Gasteiger partial charge in [0.25, 0.3) is 0 Å². The first-order valence-corrected chi connectivity index (χ1v) is 13.6. The van der Waals surface area contributed by atoms with E-state index in [0.29, 0.717) is 43.8 Å². The maximum absolute atomic E-state index is 12.9. The van der Waals surface area contributed by atoms with Crippen molar-refractivity contribution in [2.75, 3.05) is 6.61 Å². The van der Waals surface area contributed by atoms with Crippen LogP contribution in [0.5, 0.6) is 5.75 Å². The van der Waals surface area contributed by atoms with E-state index in [0.717, 1.165) is 44.1 Å². The number of carbonyl (C=O) groups is 1. The Morgan fingerprint density at radius 1 is 1.03 bits per heavy atom. The molecule has 5 nitrogen and oxygen atoms in total. The quantitative estimate of drug-likeness (QED) is 0.389. The van der Waals surface area contributed by atoms with Crippen LogP contribution in [0.25, 0.3) is 0 Å². The SMILES string of the molecule is CCO[C@]1(C(C)=O)CC[C@H]2[C@@H]3CC=C4C[C@](O)(OCc5ccc(O)cc5)CC[C@]4(C)[C@H]3CC[C@@]21C. The monoisotopic (exact) mass is 482 g/mol. The first kappa shape index (κ1) is 25.0. The molecule has 2 N–H and O–H groups in total. The van der Waals surface area contributed by atoms with Crippen LogP contribution in [-0.4, -0.2) is 34.0 Å². The van der Waals surface area contributed by atoms with Crippen molar-refractivity contribution in [2.45, 2.75) is 97.1 Å². The fraction of sp³-hybridized carbons (Fsp3) is 0.700. The summed E-state index contributed by atoms with van der Waals surface area (Å²) < 4.78 is 12.4. The smallest absolute Gasteiger partial charge is 0.169 e. The summed E-state index contributed by atoms with van der Waals surface area (Å²) in [6.45, 7) is 9.40. The van der Waals surface area contributed by atoms with Gasteiger partial charge in [-0.2, -0.15) is 0 Å². The number of fused-ring (bicyclic) bond motifs is 5. The summed E-state index contributed by atoms with van der Waals surface area (Å²) in [6.07, 6.45) is 9.57. The Morgan fingerprint density at radius 2 is 1.74 bits per heavy atom. The first-order valence-electron chi connectivity index (χ1n) is 13.6. The van der Waals surface area contributed by atoms with Gasteiger partial charge in [0.2, 0.25) is 0 Å². The molecule has 0 amide bonds. The molecule has 1 aromatic carbocycles. The Bertz CT molecular complexity index is 1000. The minimum Gasteiger partial charge on any atom is -0.508 e. The van der Waals surface area contributed by atoms with Gasteiger partial charge in [-0.25, -0.2) is 0 Å². The van der Waals surface area contributed by atoms with Crippen molar-refractivity contribution in [3.63, 3.8) is 0 Å². The normalized spacial score (nSPS) is 42.5. The minimum atomic E-state index is -1.15. The zero-order chi connectivity index (χ0) is 25.1. The van der Waals surface area contributed by atoms with Crippen molar-refractivity contribution in [3.05, 3.63) is 41.5 Å². The fourth-order valence-electron chi connectivity index (χ4n) is 8.71. The van der Waals surface area contributed by atoms with Crippen molar-refractivity contribution in [1.29, 1.82) is 0 Å². The molecule has 0 unspecified atom stereocenters. The molecule has 192 valence electrons. The number of phenols is 1. The lowest BCUT2D eigenvalue weighted by molar-refractivity contribution is -0.232. The van der Waals surface area contributed by atoms with Crippen LogP contribution in [-0.2, 0) is 20.9 Å². The van der Waals surface area contributed by atoms with E-state index in [2.05, 4.69) is 19.9 Å². The Hall–Kier alpha value is -1.69. The van der Waals surface area contributed by atoms with E-state index in [9.17, 15) is 15.0 Å². The lowest BCUT2D eigenvalue weighted by Crippen LogP contribution is -2.58. The van der Waals surface area contributed by atoms with Crippen LogP contribution in [0.1, 0.15) is 84.6 Å². The molecule has 7 atom stereocenters. The molecule has 4 aliphatic rings. The predicted octanol–water partition coefficient (Wildman–Crippen LogP) is 5.92. The number of hydrogen-bond donors (Lipinski definition) is 2. The van der Waals surface area contributed by atoms with Gasteiger partial charge in [-0.05, 0) is 93.2 Å². The average Bonchev–Trinajstić information content (AvgIpc) is 3.13. The molecule has 5 rings (SSSR count). The third kappa shape index (κ3) is 3.81. The molecule has 1 aromatic rings. The highest BCUT2D eigenvalue weighted by Crippen LogP contribution is 2.68.